The quantitative estimate of drug-likeness (QED) is 0.320. The van der Waals surface area contributed by atoms with Crippen LogP contribution in [-0.4, -0.2) is 44.1 Å². The average molecular weight is 426 g/mol. The average Bonchev–Trinajstić information content (AvgIpc) is 3.00. The van der Waals surface area contributed by atoms with Crippen molar-refractivity contribution in [2.75, 3.05) is 0 Å². The fourth-order valence-electron chi connectivity index (χ4n) is 2.56. The molecular weight excluding hydrogens is 402 g/mol. The first-order valence-corrected chi connectivity index (χ1v) is 11.2. The Balaban J connectivity index is 2.05. The molecule has 0 saturated carbocycles. The van der Waals surface area contributed by atoms with Gasteiger partial charge in [0, 0.05) is 36.4 Å². The summed E-state index contributed by atoms with van der Waals surface area (Å²) in [6, 6.07) is 5.08. The molecule has 0 bridgehead atoms. The molecule has 1 atom stereocenters. The van der Waals surface area contributed by atoms with E-state index in [0.717, 1.165) is 11.4 Å². The summed E-state index contributed by atoms with van der Waals surface area (Å²) in [4.78, 5) is 57.3. The molecule has 152 valence electrons. The van der Waals surface area contributed by atoms with Crippen LogP contribution in [0.25, 0.3) is 0 Å². The van der Waals surface area contributed by atoms with Gasteiger partial charge in [0.2, 0.25) is 5.91 Å². The zero-order valence-corrected chi connectivity index (χ0v) is 17.5. The van der Waals surface area contributed by atoms with Crippen LogP contribution in [0.4, 0.5) is 0 Å². The summed E-state index contributed by atoms with van der Waals surface area (Å²) in [5, 5.41) is 1.28. The minimum atomic E-state index is -0.709. The van der Waals surface area contributed by atoms with Crippen LogP contribution in [0.3, 0.4) is 0 Å². The van der Waals surface area contributed by atoms with E-state index in [1.165, 1.54) is 21.8 Å². The van der Waals surface area contributed by atoms with E-state index in [1.807, 2.05) is 19.1 Å². The Labute approximate surface area is 171 Å². The van der Waals surface area contributed by atoms with Crippen molar-refractivity contribution in [2.45, 2.75) is 63.4 Å². The topological polar surface area (TPSA) is 96.9 Å². The van der Waals surface area contributed by atoms with Gasteiger partial charge < -0.3 is 4.84 Å². The number of imide groups is 1. The maximum atomic E-state index is 12.5. The summed E-state index contributed by atoms with van der Waals surface area (Å²) in [6.07, 6.45) is 3.27. The lowest BCUT2D eigenvalue weighted by molar-refractivity contribution is -0.198. The zero-order chi connectivity index (χ0) is 20.5. The number of hydrogen-bond acceptors (Lipinski definition) is 8. The van der Waals surface area contributed by atoms with Gasteiger partial charge in [-0.05, 0) is 29.3 Å². The van der Waals surface area contributed by atoms with E-state index in [1.54, 1.807) is 23.5 Å². The van der Waals surface area contributed by atoms with Gasteiger partial charge in [-0.25, -0.2) is 9.78 Å². The Bertz CT molecular complexity index is 700. The molecule has 2 rings (SSSR count). The Morgan fingerprint density at radius 1 is 1.25 bits per heavy atom. The Morgan fingerprint density at radius 2 is 1.96 bits per heavy atom. The van der Waals surface area contributed by atoms with Crippen LogP contribution in [0.1, 0.15) is 52.4 Å². The standard InChI is InChI=1S/C18H23N3O5S2/c1-3-7-13(12-18(25)26-20-16(23)9-10-17(20)24)21(15(22)4-2)28-27-14-8-5-6-11-19-14/h5-6,8,11,13H,3-4,7,9-10,12H2,1-2H3. The second-order valence-corrected chi connectivity index (χ2v) is 8.17. The van der Waals surface area contributed by atoms with Crippen molar-refractivity contribution >= 4 is 45.5 Å². The number of hydroxylamine groups is 2. The Kier molecular flexibility index (Phi) is 8.78. The van der Waals surface area contributed by atoms with E-state index in [9.17, 15) is 19.2 Å². The summed E-state index contributed by atoms with van der Waals surface area (Å²) < 4.78 is 1.57. The second-order valence-electron chi connectivity index (χ2n) is 6.09. The lowest BCUT2D eigenvalue weighted by Crippen LogP contribution is -2.38. The van der Waals surface area contributed by atoms with E-state index in [2.05, 4.69) is 4.98 Å². The minimum Gasteiger partial charge on any atom is -0.330 e. The van der Waals surface area contributed by atoms with Gasteiger partial charge in [0.1, 0.15) is 5.03 Å². The number of carbonyl (C=O) groups excluding carboxylic acids is 4. The smallest absolute Gasteiger partial charge is 0.330 e. The lowest BCUT2D eigenvalue weighted by Gasteiger charge is -2.29. The molecule has 0 aliphatic carbocycles. The molecule has 1 saturated heterocycles. The summed E-state index contributed by atoms with van der Waals surface area (Å²) >= 11 is 0. The molecule has 1 aliphatic rings. The molecule has 28 heavy (non-hydrogen) atoms. The van der Waals surface area contributed by atoms with Crippen LogP contribution in [-0.2, 0) is 24.0 Å². The molecule has 1 aliphatic heterocycles. The lowest BCUT2D eigenvalue weighted by atomic mass is 10.1. The van der Waals surface area contributed by atoms with E-state index >= 15 is 0 Å². The first kappa shape index (κ1) is 22.2. The molecule has 0 aromatic carbocycles. The summed E-state index contributed by atoms with van der Waals surface area (Å²) in [5.74, 6) is -1.87. The van der Waals surface area contributed by atoms with Crippen LogP contribution in [0.5, 0.6) is 0 Å². The van der Waals surface area contributed by atoms with E-state index in [0.29, 0.717) is 11.5 Å². The molecule has 1 aromatic heterocycles. The van der Waals surface area contributed by atoms with E-state index in [4.69, 9.17) is 4.84 Å². The third-order valence-electron chi connectivity index (χ3n) is 3.94. The highest BCUT2D eigenvalue weighted by Crippen LogP contribution is 2.36. The molecule has 0 N–H and O–H groups in total. The highest BCUT2D eigenvalue weighted by Gasteiger charge is 2.34. The van der Waals surface area contributed by atoms with Gasteiger partial charge in [0.15, 0.2) is 0 Å². The van der Waals surface area contributed by atoms with Crippen LogP contribution >= 0.6 is 21.8 Å². The van der Waals surface area contributed by atoms with E-state index in [-0.39, 0.29) is 31.6 Å². The molecule has 1 unspecified atom stereocenters. The van der Waals surface area contributed by atoms with Gasteiger partial charge in [0.25, 0.3) is 11.8 Å². The number of hydrogen-bond donors (Lipinski definition) is 0. The normalized spacial score (nSPS) is 14.9. The summed E-state index contributed by atoms with van der Waals surface area (Å²) in [6.45, 7) is 3.71. The Hall–Kier alpha value is -2.07. The van der Waals surface area contributed by atoms with Crippen molar-refractivity contribution in [3.8, 4) is 0 Å². The van der Waals surface area contributed by atoms with Gasteiger partial charge >= 0.3 is 5.97 Å². The van der Waals surface area contributed by atoms with Gasteiger partial charge in [0.05, 0.1) is 12.5 Å². The van der Waals surface area contributed by atoms with Crippen molar-refractivity contribution in [1.29, 1.82) is 0 Å². The number of nitrogens with zero attached hydrogens (tertiary/aromatic N) is 3. The Morgan fingerprint density at radius 3 is 2.54 bits per heavy atom. The predicted octanol–water partition coefficient (Wildman–Crippen LogP) is 3.14. The number of amides is 3. The van der Waals surface area contributed by atoms with Crippen LogP contribution in [0.15, 0.2) is 29.4 Å². The van der Waals surface area contributed by atoms with Gasteiger partial charge in [-0.15, -0.1) is 5.06 Å². The highest BCUT2D eigenvalue weighted by molar-refractivity contribution is 8.75. The number of pyridine rings is 1. The van der Waals surface area contributed by atoms with Crippen molar-refractivity contribution in [1.82, 2.24) is 14.4 Å². The molecule has 1 fully saturated rings. The predicted molar refractivity (Wildman–Crippen MR) is 105 cm³/mol. The monoisotopic (exact) mass is 425 g/mol. The molecule has 0 radical (unpaired) electrons. The fraction of sp³-hybridized carbons (Fsp3) is 0.500. The molecule has 2 heterocycles. The molecule has 1 aromatic rings. The van der Waals surface area contributed by atoms with Crippen LogP contribution in [0, 0.1) is 0 Å². The number of carbonyl (C=O) groups is 4. The van der Waals surface area contributed by atoms with Gasteiger partial charge in [-0.1, -0.05) is 26.3 Å². The van der Waals surface area contributed by atoms with E-state index < -0.39 is 23.8 Å². The summed E-state index contributed by atoms with van der Waals surface area (Å²) in [7, 11) is 2.55. The third kappa shape index (κ3) is 6.23. The molecule has 10 heteroatoms. The maximum Gasteiger partial charge on any atom is 0.335 e. The van der Waals surface area contributed by atoms with Crippen LogP contribution in [0.2, 0.25) is 0 Å². The fourth-order valence-corrected chi connectivity index (χ4v) is 4.85. The van der Waals surface area contributed by atoms with Crippen molar-refractivity contribution in [3.05, 3.63) is 24.4 Å². The third-order valence-corrected chi connectivity index (χ3v) is 6.31. The largest absolute Gasteiger partial charge is 0.335 e. The van der Waals surface area contributed by atoms with Crippen molar-refractivity contribution in [2.24, 2.45) is 0 Å². The molecule has 8 nitrogen and oxygen atoms in total. The van der Waals surface area contributed by atoms with Gasteiger partial charge in [-0.2, -0.15) is 0 Å². The second kappa shape index (κ2) is 11.1. The van der Waals surface area contributed by atoms with Crippen LogP contribution < -0.4 is 0 Å². The SMILES string of the molecule is CCCC(CC(=O)ON1C(=O)CCC1=O)N(SSc1ccccn1)C(=O)CC. The molecule has 0 spiro atoms. The highest BCUT2D eigenvalue weighted by atomic mass is 33.1. The zero-order valence-electron chi connectivity index (χ0n) is 15.8. The number of rotatable bonds is 10. The van der Waals surface area contributed by atoms with Crippen molar-refractivity contribution < 1.29 is 24.0 Å². The molecule has 3 amide bonds. The first-order valence-electron chi connectivity index (χ1n) is 9.10. The maximum absolute atomic E-state index is 12.5. The number of aromatic nitrogens is 1. The van der Waals surface area contributed by atoms with Gasteiger partial charge in [-0.3, -0.25) is 18.7 Å². The summed E-state index contributed by atoms with van der Waals surface area (Å²) in [5.41, 5.74) is 0. The van der Waals surface area contributed by atoms with Crippen molar-refractivity contribution in [3.63, 3.8) is 0 Å². The first-order chi connectivity index (χ1) is 13.5. The molecular formula is C18H23N3O5S2. The minimum absolute atomic E-state index is 0.0432.